The van der Waals surface area contributed by atoms with Crippen LogP contribution in [0, 0.1) is 6.92 Å². The second kappa shape index (κ2) is 9.62. The topological polar surface area (TPSA) is 38.3 Å². The third-order valence-electron chi connectivity index (χ3n) is 5.25. The van der Waals surface area contributed by atoms with Gasteiger partial charge in [-0.25, -0.2) is 0 Å². The summed E-state index contributed by atoms with van der Waals surface area (Å²) in [5.74, 6) is 1.19. The van der Waals surface area contributed by atoms with E-state index < -0.39 is 0 Å². The lowest BCUT2D eigenvalue weighted by Gasteiger charge is -2.20. The SMILES string of the molecule is Cc1ccc(-c2ccc(OCC(=O)Nc3c(C(C)C)cccc3C(C)C)cc2)cc1. The first kappa shape index (κ1) is 21.6. The van der Waals surface area contributed by atoms with E-state index in [4.69, 9.17) is 4.74 Å². The number of nitrogens with one attached hydrogen (secondary N) is 1. The minimum atomic E-state index is -0.146. The summed E-state index contributed by atoms with van der Waals surface area (Å²) < 4.78 is 5.74. The summed E-state index contributed by atoms with van der Waals surface area (Å²) in [6, 6.07) is 22.5. The quantitative estimate of drug-likeness (QED) is 0.466. The Hall–Kier alpha value is -3.07. The smallest absolute Gasteiger partial charge is 0.262 e. The largest absolute Gasteiger partial charge is 0.484 e. The van der Waals surface area contributed by atoms with Crippen LogP contribution in [0.3, 0.4) is 0 Å². The van der Waals surface area contributed by atoms with Crippen molar-refractivity contribution in [2.45, 2.75) is 46.5 Å². The van der Waals surface area contributed by atoms with Crippen LogP contribution in [-0.4, -0.2) is 12.5 Å². The van der Waals surface area contributed by atoms with Crippen molar-refractivity contribution < 1.29 is 9.53 Å². The number of carbonyl (C=O) groups excluding carboxylic acids is 1. The molecule has 0 aromatic heterocycles. The van der Waals surface area contributed by atoms with Crippen molar-refractivity contribution >= 4 is 11.6 Å². The second-order valence-corrected chi connectivity index (χ2v) is 8.35. The highest BCUT2D eigenvalue weighted by Crippen LogP contribution is 2.32. The van der Waals surface area contributed by atoms with Crippen LogP contribution in [-0.2, 0) is 4.79 Å². The molecule has 3 nitrogen and oxygen atoms in total. The molecule has 0 saturated heterocycles. The Balaban J connectivity index is 1.66. The molecule has 0 bridgehead atoms. The first-order chi connectivity index (χ1) is 14.3. The third-order valence-corrected chi connectivity index (χ3v) is 5.25. The Kier molecular flexibility index (Phi) is 6.94. The molecule has 1 N–H and O–H groups in total. The normalized spacial score (nSPS) is 11.0. The van der Waals surface area contributed by atoms with Crippen LogP contribution in [0.4, 0.5) is 5.69 Å². The molecule has 0 radical (unpaired) electrons. The molecule has 0 heterocycles. The van der Waals surface area contributed by atoms with Crippen LogP contribution in [0.25, 0.3) is 11.1 Å². The van der Waals surface area contributed by atoms with Crippen LogP contribution in [0.1, 0.15) is 56.2 Å². The molecular formula is C27H31NO2. The van der Waals surface area contributed by atoms with Crippen LogP contribution in [0.15, 0.2) is 66.7 Å². The lowest BCUT2D eigenvalue weighted by atomic mass is 9.92. The first-order valence-corrected chi connectivity index (χ1v) is 10.6. The number of carbonyl (C=O) groups is 1. The molecule has 0 atom stereocenters. The third kappa shape index (κ3) is 5.29. The number of aryl methyl sites for hydroxylation is 1. The highest BCUT2D eigenvalue weighted by atomic mass is 16.5. The van der Waals surface area contributed by atoms with Gasteiger partial charge in [0.05, 0.1) is 0 Å². The second-order valence-electron chi connectivity index (χ2n) is 8.35. The molecule has 3 heteroatoms. The molecular weight excluding hydrogens is 370 g/mol. The number of anilines is 1. The Bertz CT molecular complexity index is 960. The Morgan fingerprint density at radius 3 is 1.80 bits per heavy atom. The number of para-hydroxylation sites is 1. The van der Waals surface area contributed by atoms with Gasteiger partial charge in [-0.2, -0.15) is 0 Å². The number of hydrogen-bond acceptors (Lipinski definition) is 2. The monoisotopic (exact) mass is 401 g/mol. The van der Waals surface area contributed by atoms with E-state index in [1.165, 1.54) is 5.56 Å². The molecule has 0 saturated carbocycles. The van der Waals surface area contributed by atoms with Crippen molar-refractivity contribution in [3.05, 3.63) is 83.4 Å². The molecule has 0 unspecified atom stereocenters. The average Bonchev–Trinajstić information content (AvgIpc) is 2.73. The van der Waals surface area contributed by atoms with Crippen molar-refractivity contribution in [2.24, 2.45) is 0 Å². The minimum absolute atomic E-state index is 0.0200. The molecule has 0 fully saturated rings. The predicted molar refractivity (Wildman–Crippen MR) is 125 cm³/mol. The summed E-state index contributed by atoms with van der Waals surface area (Å²) in [5, 5.41) is 3.09. The zero-order chi connectivity index (χ0) is 21.7. The van der Waals surface area contributed by atoms with Crippen molar-refractivity contribution in [3.8, 4) is 16.9 Å². The maximum Gasteiger partial charge on any atom is 0.262 e. The van der Waals surface area contributed by atoms with Gasteiger partial charge in [-0.3, -0.25) is 4.79 Å². The molecule has 0 aliphatic rings. The van der Waals surface area contributed by atoms with Crippen LogP contribution in [0.2, 0.25) is 0 Å². The Labute approximate surface area is 180 Å². The number of rotatable bonds is 7. The number of amides is 1. The lowest BCUT2D eigenvalue weighted by Crippen LogP contribution is -2.22. The fraction of sp³-hybridized carbons (Fsp3) is 0.296. The number of ether oxygens (including phenoxy) is 1. The molecule has 0 aliphatic carbocycles. The van der Waals surface area contributed by atoms with Gasteiger partial charge in [-0.15, -0.1) is 0 Å². The van der Waals surface area contributed by atoms with Crippen LogP contribution < -0.4 is 10.1 Å². The van der Waals surface area contributed by atoms with E-state index in [2.05, 4.69) is 82.4 Å². The van der Waals surface area contributed by atoms with Crippen molar-refractivity contribution in [2.75, 3.05) is 11.9 Å². The maximum atomic E-state index is 12.6. The van der Waals surface area contributed by atoms with Crippen molar-refractivity contribution in [3.63, 3.8) is 0 Å². The molecule has 0 spiro atoms. The summed E-state index contributed by atoms with van der Waals surface area (Å²) in [6.45, 7) is 10.6. The molecule has 3 aromatic carbocycles. The molecule has 3 aromatic rings. The number of benzene rings is 3. The van der Waals surface area contributed by atoms with Gasteiger partial charge in [0, 0.05) is 5.69 Å². The van der Waals surface area contributed by atoms with Gasteiger partial charge in [0.15, 0.2) is 6.61 Å². The highest BCUT2D eigenvalue weighted by molar-refractivity contribution is 5.93. The average molecular weight is 402 g/mol. The zero-order valence-corrected chi connectivity index (χ0v) is 18.5. The van der Waals surface area contributed by atoms with Gasteiger partial charge in [0.2, 0.25) is 0 Å². The van der Waals surface area contributed by atoms with Crippen molar-refractivity contribution in [1.82, 2.24) is 0 Å². The highest BCUT2D eigenvalue weighted by Gasteiger charge is 2.16. The van der Waals surface area contributed by atoms with E-state index in [0.717, 1.165) is 27.9 Å². The zero-order valence-electron chi connectivity index (χ0n) is 18.5. The van der Waals surface area contributed by atoms with Crippen LogP contribution in [0.5, 0.6) is 5.75 Å². The molecule has 30 heavy (non-hydrogen) atoms. The summed E-state index contributed by atoms with van der Waals surface area (Å²) in [5.41, 5.74) is 6.75. The van der Waals surface area contributed by atoms with E-state index in [1.807, 2.05) is 24.3 Å². The fourth-order valence-corrected chi connectivity index (χ4v) is 3.51. The summed E-state index contributed by atoms with van der Waals surface area (Å²) >= 11 is 0. The van der Waals surface area contributed by atoms with Gasteiger partial charge >= 0.3 is 0 Å². The Morgan fingerprint density at radius 2 is 1.30 bits per heavy atom. The van der Waals surface area contributed by atoms with Crippen molar-refractivity contribution in [1.29, 1.82) is 0 Å². The van der Waals surface area contributed by atoms with E-state index in [9.17, 15) is 4.79 Å². The molecule has 156 valence electrons. The van der Waals surface area contributed by atoms with Crippen LogP contribution >= 0.6 is 0 Å². The summed E-state index contributed by atoms with van der Waals surface area (Å²) in [7, 11) is 0. The fourth-order valence-electron chi connectivity index (χ4n) is 3.51. The van der Waals surface area contributed by atoms with E-state index >= 15 is 0 Å². The van der Waals surface area contributed by atoms with Gasteiger partial charge < -0.3 is 10.1 Å². The van der Waals surface area contributed by atoms with E-state index in [0.29, 0.717) is 17.6 Å². The molecule has 3 rings (SSSR count). The molecule has 1 amide bonds. The van der Waals surface area contributed by atoms with Gasteiger partial charge in [0.1, 0.15) is 5.75 Å². The number of hydrogen-bond donors (Lipinski definition) is 1. The predicted octanol–water partition coefficient (Wildman–Crippen LogP) is 6.93. The van der Waals surface area contributed by atoms with E-state index in [-0.39, 0.29) is 12.5 Å². The van der Waals surface area contributed by atoms with Gasteiger partial charge in [-0.1, -0.05) is 87.9 Å². The van der Waals surface area contributed by atoms with Gasteiger partial charge in [-0.05, 0) is 53.1 Å². The standard InChI is InChI=1S/C27H31NO2/c1-18(2)24-7-6-8-25(19(3)4)27(24)28-26(29)17-30-23-15-13-22(14-16-23)21-11-9-20(5)10-12-21/h6-16,18-19H,17H2,1-5H3,(H,28,29). The van der Waals surface area contributed by atoms with E-state index in [1.54, 1.807) is 0 Å². The maximum absolute atomic E-state index is 12.6. The minimum Gasteiger partial charge on any atom is -0.484 e. The summed E-state index contributed by atoms with van der Waals surface area (Å²) in [4.78, 5) is 12.6. The first-order valence-electron chi connectivity index (χ1n) is 10.6. The summed E-state index contributed by atoms with van der Waals surface area (Å²) in [6.07, 6.45) is 0. The Morgan fingerprint density at radius 1 is 0.800 bits per heavy atom. The molecule has 0 aliphatic heterocycles. The lowest BCUT2D eigenvalue weighted by molar-refractivity contribution is -0.118. The van der Waals surface area contributed by atoms with Gasteiger partial charge in [0.25, 0.3) is 5.91 Å².